The van der Waals surface area contributed by atoms with Gasteiger partial charge in [0.2, 0.25) is 0 Å². The van der Waals surface area contributed by atoms with Gasteiger partial charge in [-0.15, -0.1) is 0 Å². The first-order chi connectivity index (χ1) is 6.05. The zero-order chi connectivity index (χ0) is 11.6. The van der Waals surface area contributed by atoms with Crippen LogP contribution in [0.15, 0.2) is 0 Å². The van der Waals surface area contributed by atoms with Crippen LogP contribution in [0.1, 0.15) is 6.42 Å². The van der Waals surface area contributed by atoms with E-state index in [1.807, 2.05) is 0 Å². The maximum Gasteiger partial charge on any atom is 0.304 e. The summed E-state index contributed by atoms with van der Waals surface area (Å²) in [6, 6.07) is 0. The molecule has 0 saturated heterocycles. The molecule has 3 nitrogen and oxygen atoms in total. The van der Waals surface area contributed by atoms with Crippen molar-refractivity contribution in [2.24, 2.45) is 0 Å². The molecule has 0 bridgehead atoms. The lowest BCUT2D eigenvalue weighted by atomic mass is 10.5. The van der Waals surface area contributed by atoms with Gasteiger partial charge in [-0.25, -0.2) is 0 Å². The van der Waals surface area contributed by atoms with E-state index in [9.17, 15) is 4.79 Å². The van der Waals surface area contributed by atoms with Crippen molar-refractivity contribution in [2.75, 3.05) is 6.54 Å². The molecule has 0 aliphatic rings. The van der Waals surface area contributed by atoms with Crippen molar-refractivity contribution >= 4 is 22.4 Å². The van der Waals surface area contributed by atoms with Gasteiger partial charge in [0, 0.05) is 0 Å². The molecule has 1 N–H and O–H groups in total. The average Bonchev–Trinajstić information content (AvgIpc) is 1.78. The molecular weight excluding hydrogens is 210 g/mol. The highest BCUT2D eigenvalue weighted by atomic mass is 28.4. The van der Waals surface area contributed by atoms with Crippen molar-refractivity contribution in [3.63, 3.8) is 0 Å². The number of carbonyl (C=O) groups is 1. The normalized spacial score (nSPS) is 13.4. The Kier molecular flexibility index (Phi) is 4.54. The molecule has 0 atom stereocenters. The number of hydrogen-bond acceptors (Lipinski definition) is 2. The van der Waals surface area contributed by atoms with Gasteiger partial charge < -0.3 is 9.34 Å². The predicted octanol–water partition coefficient (Wildman–Crippen LogP) is 2.43. The summed E-state index contributed by atoms with van der Waals surface area (Å²) in [5.74, 6) is -0.688. The smallest absolute Gasteiger partial charge is 0.304 e. The van der Waals surface area contributed by atoms with E-state index in [1.54, 1.807) is 0 Å². The lowest BCUT2D eigenvalue weighted by Gasteiger charge is -2.43. The van der Waals surface area contributed by atoms with Crippen LogP contribution in [0.4, 0.5) is 0 Å². The van der Waals surface area contributed by atoms with Crippen LogP contribution in [0.5, 0.6) is 0 Å². The van der Waals surface area contributed by atoms with Crippen molar-refractivity contribution in [3.8, 4) is 0 Å². The van der Waals surface area contributed by atoms with Crippen molar-refractivity contribution in [3.05, 3.63) is 0 Å². The molecule has 0 aromatic carbocycles. The van der Waals surface area contributed by atoms with Gasteiger partial charge in [-0.3, -0.25) is 4.79 Å². The van der Waals surface area contributed by atoms with Crippen LogP contribution in [-0.4, -0.2) is 38.3 Å². The molecule has 0 unspecified atom stereocenters. The van der Waals surface area contributed by atoms with Crippen LogP contribution >= 0.6 is 0 Å². The van der Waals surface area contributed by atoms with E-state index in [0.29, 0.717) is 0 Å². The molecule has 0 radical (unpaired) electrons. The first-order valence-corrected chi connectivity index (χ1v) is 11.9. The molecule has 0 rings (SSSR count). The maximum atomic E-state index is 10.6. The van der Waals surface area contributed by atoms with Gasteiger partial charge in [-0.1, -0.05) is 39.3 Å². The van der Waals surface area contributed by atoms with Gasteiger partial charge in [0.15, 0.2) is 0 Å². The van der Waals surface area contributed by atoms with E-state index in [-0.39, 0.29) is 6.42 Å². The Morgan fingerprint density at radius 2 is 1.43 bits per heavy atom. The lowest BCUT2D eigenvalue weighted by Crippen LogP contribution is -2.59. The Bertz CT molecular complexity index is 192. The Hall–Kier alpha value is -0.136. The summed E-state index contributed by atoms with van der Waals surface area (Å²) >= 11 is 0. The first kappa shape index (κ1) is 13.9. The first-order valence-electron chi connectivity index (χ1n) is 5.04. The molecule has 0 spiro atoms. The molecule has 0 saturated carbocycles. The molecule has 0 fully saturated rings. The minimum absolute atomic E-state index is 0.272. The number of rotatable bonds is 5. The molecule has 14 heavy (non-hydrogen) atoms. The fourth-order valence-electron chi connectivity index (χ4n) is 1.88. The summed E-state index contributed by atoms with van der Waals surface area (Å²) in [4.78, 5) is 10.6. The molecule has 0 aliphatic heterocycles. The van der Waals surface area contributed by atoms with E-state index >= 15 is 0 Å². The van der Waals surface area contributed by atoms with E-state index in [2.05, 4.69) is 43.5 Å². The molecule has 84 valence electrons. The molecule has 0 aliphatic carbocycles. The zero-order valence-corrected chi connectivity index (χ0v) is 12.2. The number of nitrogens with zero attached hydrogens (tertiary/aromatic N) is 1. The van der Waals surface area contributed by atoms with Crippen LogP contribution < -0.4 is 0 Å². The molecular formula is C9H23NO2Si2. The number of carboxylic acids is 1. The highest BCUT2D eigenvalue weighted by Crippen LogP contribution is 2.19. The number of hydrogen-bond donors (Lipinski definition) is 1. The summed E-state index contributed by atoms with van der Waals surface area (Å²) in [5, 5.41) is 8.70. The molecule has 0 heterocycles. The predicted molar refractivity (Wildman–Crippen MR) is 65.7 cm³/mol. The van der Waals surface area contributed by atoms with Gasteiger partial charge in [0.05, 0.1) is 6.42 Å². The highest BCUT2D eigenvalue weighted by molar-refractivity contribution is 6.89. The van der Waals surface area contributed by atoms with Crippen LogP contribution in [0.25, 0.3) is 0 Å². The third-order valence-corrected chi connectivity index (χ3v) is 9.88. The standard InChI is InChI=1S/C9H23NO2Si2/c1-13(2,3)10(14(4,5)6)8-7-9(11)12/h7-8H2,1-6H3,(H,11,12). The maximum absolute atomic E-state index is 10.6. The van der Waals surface area contributed by atoms with Gasteiger partial charge in [-0.2, -0.15) is 0 Å². The van der Waals surface area contributed by atoms with Crippen molar-refractivity contribution in [2.45, 2.75) is 45.7 Å². The summed E-state index contributed by atoms with van der Waals surface area (Å²) in [6.07, 6.45) is 0.272. The summed E-state index contributed by atoms with van der Waals surface area (Å²) in [6.45, 7) is 14.4. The van der Waals surface area contributed by atoms with Crippen LogP contribution in [0.3, 0.4) is 0 Å². The third-order valence-electron chi connectivity index (χ3n) is 2.17. The Balaban J connectivity index is 4.51. The zero-order valence-electron chi connectivity index (χ0n) is 10.2. The van der Waals surface area contributed by atoms with Crippen LogP contribution in [-0.2, 0) is 4.79 Å². The monoisotopic (exact) mass is 233 g/mol. The number of carboxylic acid groups (broad SMARTS) is 1. The summed E-state index contributed by atoms with van der Waals surface area (Å²) in [5.41, 5.74) is 0. The largest absolute Gasteiger partial charge is 0.481 e. The fraction of sp³-hybridized carbons (Fsp3) is 0.889. The molecule has 0 aromatic rings. The van der Waals surface area contributed by atoms with Crippen molar-refractivity contribution in [1.82, 2.24) is 4.23 Å². The van der Waals surface area contributed by atoms with Gasteiger partial charge in [-0.05, 0) is 6.54 Å². The van der Waals surface area contributed by atoms with Gasteiger partial charge in [0.25, 0.3) is 0 Å². The number of aliphatic carboxylic acids is 1. The van der Waals surface area contributed by atoms with Crippen molar-refractivity contribution < 1.29 is 9.90 Å². The topological polar surface area (TPSA) is 40.5 Å². The molecule has 0 aromatic heterocycles. The van der Waals surface area contributed by atoms with Crippen LogP contribution in [0, 0.1) is 0 Å². The average molecular weight is 233 g/mol. The summed E-state index contributed by atoms with van der Waals surface area (Å²) in [7, 11) is -2.71. The SMILES string of the molecule is C[Si](C)(C)N(CCC(=O)O)[Si](C)(C)C. The van der Waals surface area contributed by atoms with E-state index in [1.165, 1.54) is 0 Å². The second kappa shape index (κ2) is 4.59. The molecule has 5 heteroatoms. The fourth-order valence-corrected chi connectivity index (χ4v) is 11.5. The Morgan fingerprint density at radius 1 is 1.07 bits per heavy atom. The Morgan fingerprint density at radius 3 is 1.64 bits per heavy atom. The van der Waals surface area contributed by atoms with Gasteiger partial charge >= 0.3 is 5.97 Å². The second-order valence-electron chi connectivity index (χ2n) is 5.64. The minimum atomic E-state index is -1.36. The second-order valence-corrected chi connectivity index (χ2v) is 15.8. The highest BCUT2D eigenvalue weighted by Gasteiger charge is 2.34. The van der Waals surface area contributed by atoms with Gasteiger partial charge in [0.1, 0.15) is 16.5 Å². The quantitative estimate of drug-likeness (QED) is 0.742. The van der Waals surface area contributed by atoms with E-state index in [0.717, 1.165) is 6.54 Å². The van der Waals surface area contributed by atoms with Crippen molar-refractivity contribution in [1.29, 1.82) is 0 Å². The van der Waals surface area contributed by atoms with E-state index in [4.69, 9.17) is 5.11 Å². The summed E-state index contributed by atoms with van der Waals surface area (Å²) < 4.78 is 2.49. The third kappa shape index (κ3) is 4.92. The minimum Gasteiger partial charge on any atom is -0.481 e. The lowest BCUT2D eigenvalue weighted by molar-refractivity contribution is -0.137. The Labute approximate surface area is 89.3 Å². The molecule has 0 amide bonds. The van der Waals surface area contributed by atoms with E-state index < -0.39 is 22.4 Å². The van der Waals surface area contributed by atoms with Crippen LogP contribution in [0.2, 0.25) is 39.3 Å².